The Labute approximate surface area is 132 Å². The normalized spacial score (nSPS) is 16.8. The van der Waals surface area contributed by atoms with E-state index in [9.17, 15) is 4.79 Å². The minimum atomic E-state index is 0.0187. The number of nitrogens with zero attached hydrogens (tertiary/aromatic N) is 3. The highest BCUT2D eigenvalue weighted by Gasteiger charge is 2.29. The van der Waals surface area contributed by atoms with E-state index in [-0.39, 0.29) is 11.6 Å². The Morgan fingerprint density at radius 3 is 2.59 bits per heavy atom. The smallest absolute Gasteiger partial charge is 0.317 e. The number of carbonyl (C=O) groups is 1. The predicted molar refractivity (Wildman–Crippen MR) is 85.9 cm³/mol. The Bertz CT molecular complexity index is 490. The molecular formula is C16H28N4O2. The molecule has 0 radical (unpaired) electrons. The van der Waals surface area contributed by atoms with Crippen molar-refractivity contribution in [3.05, 3.63) is 17.5 Å². The van der Waals surface area contributed by atoms with Crippen LogP contribution in [0, 0.1) is 6.92 Å². The lowest BCUT2D eigenvalue weighted by Gasteiger charge is -2.43. The van der Waals surface area contributed by atoms with Crippen LogP contribution in [0.3, 0.4) is 0 Å². The maximum atomic E-state index is 12.2. The van der Waals surface area contributed by atoms with Gasteiger partial charge in [0.25, 0.3) is 0 Å². The molecule has 1 fully saturated rings. The predicted octanol–water partition coefficient (Wildman–Crippen LogP) is 2.04. The molecule has 0 atom stereocenters. The number of rotatable bonds is 5. The van der Waals surface area contributed by atoms with E-state index in [2.05, 4.69) is 36.1 Å². The van der Waals surface area contributed by atoms with Crippen molar-refractivity contribution in [3.63, 3.8) is 0 Å². The Hall–Kier alpha value is -1.56. The first-order chi connectivity index (χ1) is 10.4. The highest BCUT2D eigenvalue weighted by molar-refractivity contribution is 5.74. The van der Waals surface area contributed by atoms with Crippen LogP contribution in [0.2, 0.25) is 0 Å². The molecule has 0 saturated carbocycles. The van der Waals surface area contributed by atoms with E-state index < -0.39 is 0 Å². The van der Waals surface area contributed by atoms with Crippen molar-refractivity contribution in [2.24, 2.45) is 0 Å². The molecule has 1 N–H and O–H groups in total. The standard InChI is InChI=1S/C16H28N4O2/c1-5-16(3,4)20-10-8-19(9-11-20)15(21)17-7-6-14-12-13(2)18-22-14/h12H,5-11H2,1-4H3,(H,17,21). The highest BCUT2D eigenvalue weighted by Crippen LogP contribution is 2.20. The minimum Gasteiger partial charge on any atom is -0.361 e. The van der Waals surface area contributed by atoms with Crippen LogP contribution >= 0.6 is 0 Å². The van der Waals surface area contributed by atoms with Gasteiger partial charge in [-0.15, -0.1) is 0 Å². The second-order valence-corrected chi connectivity index (χ2v) is 6.56. The third-order valence-electron chi connectivity index (χ3n) is 4.61. The number of aromatic nitrogens is 1. The van der Waals surface area contributed by atoms with Crippen LogP contribution in [0.5, 0.6) is 0 Å². The molecule has 1 aliphatic rings. The Morgan fingerprint density at radius 1 is 1.36 bits per heavy atom. The van der Waals surface area contributed by atoms with Crippen molar-refractivity contribution in [3.8, 4) is 0 Å². The van der Waals surface area contributed by atoms with E-state index in [4.69, 9.17) is 4.52 Å². The Morgan fingerprint density at radius 2 is 2.05 bits per heavy atom. The first-order valence-electron chi connectivity index (χ1n) is 8.12. The molecule has 1 aromatic rings. The molecule has 1 aliphatic heterocycles. The van der Waals surface area contributed by atoms with Crippen LogP contribution in [0.25, 0.3) is 0 Å². The third kappa shape index (κ3) is 4.22. The molecule has 0 aromatic carbocycles. The van der Waals surface area contributed by atoms with Gasteiger partial charge >= 0.3 is 6.03 Å². The molecule has 2 heterocycles. The van der Waals surface area contributed by atoms with Gasteiger partial charge in [-0.2, -0.15) is 0 Å². The molecule has 0 unspecified atom stereocenters. The summed E-state index contributed by atoms with van der Waals surface area (Å²) in [6.45, 7) is 12.7. The van der Waals surface area contributed by atoms with Crippen molar-refractivity contribution in [1.82, 2.24) is 20.3 Å². The molecule has 6 heteroatoms. The van der Waals surface area contributed by atoms with Crippen LogP contribution in [0.1, 0.15) is 38.6 Å². The fourth-order valence-electron chi connectivity index (χ4n) is 2.68. The summed E-state index contributed by atoms with van der Waals surface area (Å²) in [7, 11) is 0. The van der Waals surface area contributed by atoms with E-state index in [1.165, 1.54) is 0 Å². The summed E-state index contributed by atoms with van der Waals surface area (Å²) in [5.41, 5.74) is 1.09. The second-order valence-electron chi connectivity index (χ2n) is 6.56. The van der Waals surface area contributed by atoms with E-state index in [0.29, 0.717) is 13.0 Å². The number of amides is 2. The van der Waals surface area contributed by atoms with Gasteiger partial charge in [-0.1, -0.05) is 12.1 Å². The quantitative estimate of drug-likeness (QED) is 0.904. The third-order valence-corrected chi connectivity index (χ3v) is 4.61. The Kier molecular flexibility index (Phi) is 5.45. The average molecular weight is 308 g/mol. The molecule has 0 aliphatic carbocycles. The number of hydrogen-bond acceptors (Lipinski definition) is 4. The summed E-state index contributed by atoms with van der Waals surface area (Å²) in [6.07, 6.45) is 1.80. The lowest BCUT2D eigenvalue weighted by molar-refractivity contribution is 0.0615. The average Bonchev–Trinajstić information content (AvgIpc) is 2.93. The zero-order valence-electron chi connectivity index (χ0n) is 14.2. The van der Waals surface area contributed by atoms with Crippen molar-refractivity contribution in [2.45, 2.75) is 46.1 Å². The number of aryl methyl sites for hydroxylation is 1. The SMILES string of the molecule is CCC(C)(C)N1CCN(C(=O)NCCc2cc(C)no2)CC1. The molecule has 124 valence electrons. The number of nitrogens with one attached hydrogen (secondary N) is 1. The number of carbonyl (C=O) groups excluding carboxylic acids is 1. The maximum absolute atomic E-state index is 12.2. The van der Waals surface area contributed by atoms with Crippen LogP contribution in [-0.2, 0) is 6.42 Å². The van der Waals surface area contributed by atoms with E-state index in [0.717, 1.165) is 44.1 Å². The zero-order valence-corrected chi connectivity index (χ0v) is 14.2. The van der Waals surface area contributed by atoms with Gasteiger partial charge in [-0.05, 0) is 27.2 Å². The maximum Gasteiger partial charge on any atom is 0.317 e. The van der Waals surface area contributed by atoms with Crippen molar-refractivity contribution in [2.75, 3.05) is 32.7 Å². The van der Waals surface area contributed by atoms with Crippen LogP contribution < -0.4 is 5.32 Å². The summed E-state index contributed by atoms with van der Waals surface area (Å²) in [4.78, 5) is 16.5. The van der Waals surface area contributed by atoms with Crippen LogP contribution in [0.4, 0.5) is 4.79 Å². The second kappa shape index (κ2) is 7.13. The van der Waals surface area contributed by atoms with E-state index in [1.807, 2.05) is 17.9 Å². The molecule has 22 heavy (non-hydrogen) atoms. The van der Waals surface area contributed by atoms with E-state index >= 15 is 0 Å². The summed E-state index contributed by atoms with van der Waals surface area (Å²) < 4.78 is 5.13. The van der Waals surface area contributed by atoms with E-state index in [1.54, 1.807) is 0 Å². The van der Waals surface area contributed by atoms with Gasteiger partial charge in [0.1, 0.15) is 5.76 Å². The molecule has 0 spiro atoms. The molecule has 1 saturated heterocycles. The van der Waals surface area contributed by atoms with Gasteiger partial charge < -0.3 is 14.7 Å². The number of urea groups is 1. The lowest BCUT2D eigenvalue weighted by Crippen LogP contribution is -2.57. The fraction of sp³-hybridized carbons (Fsp3) is 0.750. The van der Waals surface area contributed by atoms with Gasteiger partial charge in [0.2, 0.25) is 0 Å². The topological polar surface area (TPSA) is 61.6 Å². The fourth-order valence-corrected chi connectivity index (χ4v) is 2.68. The van der Waals surface area contributed by atoms with Crippen molar-refractivity contribution >= 4 is 6.03 Å². The largest absolute Gasteiger partial charge is 0.361 e. The van der Waals surface area contributed by atoms with Crippen LogP contribution in [-0.4, -0.2) is 59.3 Å². The first kappa shape index (κ1) is 16.8. The van der Waals surface area contributed by atoms with Gasteiger partial charge in [-0.25, -0.2) is 4.79 Å². The van der Waals surface area contributed by atoms with Crippen molar-refractivity contribution < 1.29 is 9.32 Å². The molecule has 1 aromatic heterocycles. The zero-order chi connectivity index (χ0) is 16.2. The van der Waals surface area contributed by atoms with Crippen molar-refractivity contribution in [1.29, 1.82) is 0 Å². The first-order valence-corrected chi connectivity index (χ1v) is 8.12. The molecule has 2 rings (SSSR count). The molecule has 6 nitrogen and oxygen atoms in total. The Balaban J connectivity index is 1.71. The molecule has 2 amide bonds. The van der Waals surface area contributed by atoms with Gasteiger partial charge in [0, 0.05) is 50.7 Å². The van der Waals surface area contributed by atoms with Gasteiger partial charge in [0.05, 0.1) is 5.69 Å². The summed E-state index contributed by atoms with van der Waals surface area (Å²) in [6, 6.07) is 1.92. The lowest BCUT2D eigenvalue weighted by atomic mass is 9.98. The number of hydrogen-bond donors (Lipinski definition) is 1. The summed E-state index contributed by atoms with van der Waals surface area (Å²) in [5.74, 6) is 0.812. The molecule has 0 bridgehead atoms. The highest BCUT2D eigenvalue weighted by atomic mass is 16.5. The number of piperazine rings is 1. The monoisotopic (exact) mass is 308 g/mol. The summed E-state index contributed by atoms with van der Waals surface area (Å²) >= 11 is 0. The van der Waals surface area contributed by atoms with Gasteiger partial charge in [-0.3, -0.25) is 4.90 Å². The minimum absolute atomic E-state index is 0.0187. The summed E-state index contributed by atoms with van der Waals surface area (Å²) in [5, 5.41) is 6.80. The van der Waals surface area contributed by atoms with Gasteiger partial charge in [0.15, 0.2) is 0 Å². The van der Waals surface area contributed by atoms with Crippen LogP contribution in [0.15, 0.2) is 10.6 Å². The molecular weight excluding hydrogens is 280 g/mol.